The van der Waals surface area contributed by atoms with Crippen molar-refractivity contribution < 1.29 is 4.39 Å². The predicted molar refractivity (Wildman–Crippen MR) is 44.2 cm³/mol. The van der Waals surface area contributed by atoms with Gasteiger partial charge in [-0.2, -0.15) is 0 Å². The molecule has 0 aliphatic carbocycles. The topological polar surface area (TPSA) is 29.3 Å². The molecule has 0 aromatic carbocycles. The molecular formula is C8H17FN2. The van der Waals surface area contributed by atoms with Crippen LogP contribution in [0.1, 0.15) is 19.8 Å². The van der Waals surface area contributed by atoms with Gasteiger partial charge < -0.3 is 5.73 Å². The maximum absolute atomic E-state index is 12.8. The van der Waals surface area contributed by atoms with Crippen LogP contribution in [0.2, 0.25) is 0 Å². The van der Waals surface area contributed by atoms with Crippen LogP contribution in [0.4, 0.5) is 4.39 Å². The highest BCUT2D eigenvalue weighted by molar-refractivity contribution is 4.86. The first-order chi connectivity index (χ1) is 5.24. The van der Waals surface area contributed by atoms with Crippen molar-refractivity contribution in [2.45, 2.75) is 32.0 Å². The Bertz CT molecular complexity index is 109. The van der Waals surface area contributed by atoms with Crippen molar-refractivity contribution in [2.24, 2.45) is 5.73 Å². The molecule has 1 fully saturated rings. The standard InChI is InChI=1S/C8H17FN2/c1-2-3-4-11-5-7(9)8(10)6-11/h7-8H,2-6,10H2,1H3. The van der Waals surface area contributed by atoms with E-state index in [-0.39, 0.29) is 6.04 Å². The molecule has 0 bridgehead atoms. The fraction of sp³-hybridized carbons (Fsp3) is 1.00. The fourth-order valence-corrected chi connectivity index (χ4v) is 1.43. The molecule has 2 nitrogen and oxygen atoms in total. The highest BCUT2D eigenvalue weighted by Crippen LogP contribution is 2.11. The Morgan fingerprint density at radius 1 is 1.55 bits per heavy atom. The van der Waals surface area contributed by atoms with Gasteiger partial charge in [0.1, 0.15) is 6.17 Å². The third-order valence-electron chi connectivity index (χ3n) is 2.19. The number of rotatable bonds is 3. The Balaban J connectivity index is 2.18. The Labute approximate surface area is 67.6 Å². The van der Waals surface area contributed by atoms with Crippen LogP contribution in [-0.4, -0.2) is 36.7 Å². The maximum atomic E-state index is 12.8. The molecule has 0 saturated carbocycles. The minimum atomic E-state index is -0.799. The van der Waals surface area contributed by atoms with E-state index < -0.39 is 6.17 Å². The number of halogens is 1. The number of hydrogen-bond donors (Lipinski definition) is 1. The van der Waals surface area contributed by atoms with Gasteiger partial charge in [0.05, 0.1) is 0 Å². The van der Waals surface area contributed by atoms with Crippen LogP contribution in [0.5, 0.6) is 0 Å². The normalized spacial score (nSPS) is 33.0. The third-order valence-corrected chi connectivity index (χ3v) is 2.19. The van der Waals surface area contributed by atoms with Crippen molar-refractivity contribution in [3.8, 4) is 0 Å². The fourth-order valence-electron chi connectivity index (χ4n) is 1.43. The van der Waals surface area contributed by atoms with Gasteiger partial charge in [0.15, 0.2) is 0 Å². The van der Waals surface area contributed by atoms with Gasteiger partial charge in [0, 0.05) is 19.1 Å². The first-order valence-electron chi connectivity index (χ1n) is 4.36. The summed E-state index contributed by atoms with van der Waals surface area (Å²) >= 11 is 0. The van der Waals surface area contributed by atoms with Crippen molar-refractivity contribution >= 4 is 0 Å². The quantitative estimate of drug-likeness (QED) is 0.660. The van der Waals surface area contributed by atoms with Crippen LogP contribution < -0.4 is 5.73 Å². The zero-order valence-corrected chi connectivity index (χ0v) is 7.09. The number of unbranched alkanes of at least 4 members (excludes halogenated alkanes) is 1. The van der Waals surface area contributed by atoms with Gasteiger partial charge in [0.2, 0.25) is 0 Å². The van der Waals surface area contributed by atoms with Crippen LogP contribution in [0, 0.1) is 0 Å². The predicted octanol–water partition coefficient (Wildman–Crippen LogP) is 0.767. The van der Waals surface area contributed by atoms with Gasteiger partial charge in [-0.3, -0.25) is 4.90 Å². The summed E-state index contributed by atoms with van der Waals surface area (Å²) in [5.41, 5.74) is 5.52. The first-order valence-corrected chi connectivity index (χ1v) is 4.36. The lowest BCUT2D eigenvalue weighted by molar-refractivity contribution is 0.282. The highest BCUT2D eigenvalue weighted by atomic mass is 19.1. The molecule has 1 saturated heterocycles. The van der Waals surface area contributed by atoms with Crippen molar-refractivity contribution in [3.05, 3.63) is 0 Å². The van der Waals surface area contributed by atoms with Crippen LogP contribution in [0.3, 0.4) is 0 Å². The summed E-state index contributed by atoms with van der Waals surface area (Å²) in [6.45, 7) is 4.43. The molecule has 11 heavy (non-hydrogen) atoms. The Morgan fingerprint density at radius 2 is 2.27 bits per heavy atom. The van der Waals surface area contributed by atoms with Gasteiger partial charge in [-0.15, -0.1) is 0 Å². The third kappa shape index (κ3) is 2.42. The summed E-state index contributed by atoms with van der Waals surface area (Å²) in [5.74, 6) is 0. The molecule has 0 radical (unpaired) electrons. The van der Waals surface area contributed by atoms with Crippen molar-refractivity contribution in [3.63, 3.8) is 0 Å². The van der Waals surface area contributed by atoms with Crippen LogP contribution in [0.15, 0.2) is 0 Å². The van der Waals surface area contributed by atoms with E-state index in [2.05, 4.69) is 11.8 Å². The van der Waals surface area contributed by atoms with Crippen molar-refractivity contribution in [2.75, 3.05) is 19.6 Å². The molecule has 0 aromatic heterocycles. The molecule has 66 valence electrons. The Morgan fingerprint density at radius 3 is 2.73 bits per heavy atom. The van der Waals surface area contributed by atoms with E-state index >= 15 is 0 Å². The van der Waals surface area contributed by atoms with Gasteiger partial charge >= 0.3 is 0 Å². The van der Waals surface area contributed by atoms with Crippen LogP contribution in [-0.2, 0) is 0 Å². The second kappa shape index (κ2) is 4.02. The lowest BCUT2D eigenvalue weighted by atomic mass is 10.3. The van der Waals surface area contributed by atoms with E-state index in [4.69, 9.17) is 5.73 Å². The maximum Gasteiger partial charge on any atom is 0.129 e. The smallest absolute Gasteiger partial charge is 0.129 e. The number of hydrogen-bond acceptors (Lipinski definition) is 2. The minimum absolute atomic E-state index is 0.244. The molecule has 1 rings (SSSR count). The second-order valence-electron chi connectivity index (χ2n) is 3.29. The number of alkyl halides is 1. The van der Waals surface area contributed by atoms with E-state index in [1.165, 1.54) is 6.42 Å². The summed E-state index contributed by atoms with van der Waals surface area (Å²) < 4.78 is 12.8. The average molecular weight is 160 g/mol. The molecular weight excluding hydrogens is 143 g/mol. The molecule has 1 aliphatic heterocycles. The molecule has 2 unspecified atom stereocenters. The van der Waals surface area contributed by atoms with Crippen LogP contribution in [0.25, 0.3) is 0 Å². The largest absolute Gasteiger partial charge is 0.324 e. The second-order valence-corrected chi connectivity index (χ2v) is 3.29. The summed E-state index contributed by atoms with van der Waals surface area (Å²) in [6.07, 6.45) is 1.52. The first kappa shape index (κ1) is 8.94. The lowest BCUT2D eigenvalue weighted by Gasteiger charge is -2.12. The molecule has 3 heteroatoms. The molecule has 0 aromatic rings. The van der Waals surface area contributed by atoms with Gasteiger partial charge in [0.25, 0.3) is 0 Å². The lowest BCUT2D eigenvalue weighted by Crippen LogP contribution is -2.30. The highest BCUT2D eigenvalue weighted by Gasteiger charge is 2.28. The SMILES string of the molecule is CCCCN1CC(N)C(F)C1. The number of nitrogens with two attached hydrogens (primary N) is 1. The van der Waals surface area contributed by atoms with E-state index in [1.54, 1.807) is 0 Å². The minimum Gasteiger partial charge on any atom is -0.324 e. The molecule has 1 aliphatic rings. The summed E-state index contributed by atoms with van der Waals surface area (Å²) in [5, 5.41) is 0. The molecule has 0 amide bonds. The molecule has 2 atom stereocenters. The van der Waals surface area contributed by atoms with E-state index in [0.29, 0.717) is 6.54 Å². The summed E-state index contributed by atoms with van der Waals surface area (Å²) in [7, 11) is 0. The monoisotopic (exact) mass is 160 g/mol. The van der Waals surface area contributed by atoms with Gasteiger partial charge in [-0.05, 0) is 13.0 Å². The summed E-state index contributed by atoms with van der Waals surface area (Å²) in [4.78, 5) is 2.11. The van der Waals surface area contributed by atoms with Crippen molar-refractivity contribution in [1.82, 2.24) is 4.90 Å². The molecule has 0 spiro atoms. The van der Waals surface area contributed by atoms with Crippen molar-refractivity contribution in [1.29, 1.82) is 0 Å². The van der Waals surface area contributed by atoms with E-state index in [9.17, 15) is 4.39 Å². The van der Waals surface area contributed by atoms with Gasteiger partial charge in [-0.25, -0.2) is 4.39 Å². The average Bonchev–Trinajstić information content (AvgIpc) is 2.28. The molecule has 2 N–H and O–H groups in total. The number of nitrogens with zero attached hydrogens (tertiary/aromatic N) is 1. The van der Waals surface area contributed by atoms with E-state index in [0.717, 1.165) is 19.5 Å². The molecule has 1 heterocycles. The number of likely N-dealkylation sites (tertiary alicyclic amines) is 1. The van der Waals surface area contributed by atoms with E-state index in [1.807, 2.05) is 0 Å². The summed E-state index contributed by atoms with van der Waals surface area (Å²) in [6, 6.07) is -0.244. The van der Waals surface area contributed by atoms with Crippen LogP contribution >= 0.6 is 0 Å². The zero-order valence-electron chi connectivity index (χ0n) is 7.09. The Hall–Kier alpha value is -0.150. The Kier molecular flexibility index (Phi) is 3.27. The zero-order chi connectivity index (χ0) is 8.27. The van der Waals surface area contributed by atoms with Gasteiger partial charge in [-0.1, -0.05) is 13.3 Å².